The fourth-order valence-corrected chi connectivity index (χ4v) is 2.47. The molecule has 0 radical (unpaired) electrons. The predicted molar refractivity (Wildman–Crippen MR) is 84.7 cm³/mol. The Morgan fingerprint density at radius 1 is 1.36 bits per heavy atom. The van der Waals surface area contributed by atoms with E-state index < -0.39 is 12.1 Å². The number of hydrogen-bond acceptors (Lipinski definition) is 3. The van der Waals surface area contributed by atoms with Gasteiger partial charge in [-0.05, 0) is 30.2 Å². The zero-order valence-electron chi connectivity index (χ0n) is 12.8. The van der Waals surface area contributed by atoms with E-state index in [2.05, 4.69) is 5.32 Å². The van der Waals surface area contributed by atoms with Crippen molar-refractivity contribution in [2.75, 3.05) is 13.1 Å². The summed E-state index contributed by atoms with van der Waals surface area (Å²) in [7, 11) is 0. The number of carbonyl (C=O) groups excluding carboxylic acids is 2. The topological polar surface area (TPSA) is 69.6 Å². The Hall–Kier alpha value is -1.59. The second kappa shape index (κ2) is 7.11. The second-order valence-electron chi connectivity index (χ2n) is 5.74. The summed E-state index contributed by atoms with van der Waals surface area (Å²) in [5, 5.41) is 12.7. The van der Waals surface area contributed by atoms with Crippen LogP contribution >= 0.6 is 11.6 Å². The Morgan fingerprint density at radius 3 is 2.45 bits per heavy atom. The predicted octanol–water partition coefficient (Wildman–Crippen LogP) is 1.69. The summed E-state index contributed by atoms with van der Waals surface area (Å²) < 4.78 is 0. The number of hydrogen-bond donors (Lipinski definition) is 2. The third-order valence-electron chi connectivity index (χ3n) is 4.05. The summed E-state index contributed by atoms with van der Waals surface area (Å²) >= 11 is 5.81. The third kappa shape index (κ3) is 3.78. The molecule has 2 amide bonds. The van der Waals surface area contributed by atoms with Crippen LogP contribution in [0.5, 0.6) is 0 Å². The molecular weight excluding hydrogens is 304 g/mol. The Bertz CT molecular complexity index is 541. The van der Waals surface area contributed by atoms with Crippen molar-refractivity contribution in [1.82, 2.24) is 10.2 Å². The number of benzene rings is 1. The normalized spacial score (nSPS) is 17.5. The molecule has 1 saturated heterocycles. The van der Waals surface area contributed by atoms with Gasteiger partial charge >= 0.3 is 0 Å². The molecule has 1 aliphatic heterocycles. The van der Waals surface area contributed by atoms with Crippen LogP contribution in [0, 0.1) is 5.92 Å². The number of nitrogens with zero attached hydrogens (tertiary/aromatic N) is 1. The van der Waals surface area contributed by atoms with Crippen LogP contribution in [0.25, 0.3) is 0 Å². The highest BCUT2D eigenvalue weighted by molar-refractivity contribution is 6.30. The van der Waals surface area contributed by atoms with E-state index in [4.69, 9.17) is 11.6 Å². The molecular formula is C16H21ClN2O3. The van der Waals surface area contributed by atoms with Gasteiger partial charge in [0, 0.05) is 23.7 Å². The van der Waals surface area contributed by atoms with Crippen LogP contribution in [-0.2, 0) is 4.79 Å². The van der Waals surface area contributed by atoms with Gasteiger partial charge in [0.25, 0.3) is 5.91 Å². The first-order valence-corrected chi connectivity index (χ1v) is 7.83. The Kier molecular flexibility index (Phi) is 5.42. The molecule has 0 saturated carbocycles. The summed E-state index contributed by atoms with van der Waals surface area (Å²) in [4.78, 5) is 26.4. The first kappa shape index (κ1) is 16.8. The summed E-state index contributed by atoms with van der Waals surface area (Å²) in [6, 6.07) is 5.96. The monoisotopic (exact) mass is 324 g/mol. The molecule has 0 aliphatic carbocycles. The molecule has 2 rings (SSSR count). The van der Waals surface area contributed by atoms with Crippen molar-refractivity contribution < 1.29 is 14.7 Å². The van der Waals surface area contributed by atoms with Crippen molar-refractivity contribution in [1.29, 1.82) is 0 Å². The van der Waals surface area contributed by atoms with Gasteiger partial charge in [-0.2, -0.15) is 0 Å². The van der Waals surface area contributed by atoms with Crippen LogP contribution in [0.1, 0.15) is 30.6 Å². The molecule has 1 fully saturated rings. The second-order valence-corrected chi connectivity index (χ2v) is 6.18. The third-order valence-corrected chi connectivity index (χ3v) is 4.30. The lowest BCUT2D eigenvalue weighted by Gasteiger charge is -2.39. The number of β-amino-alcohol motifs (C(OH)–C–C–N with tert-alkyl or cyclic N) is 1. The van der Waals surface area contributed by atoms with Gasteiger partial charge in [0.15, 0.2) is 0 Å². The summed E-state index contributed by atoms with van der Waals surface area (Å²) in [5.74, 6) is -0.417. The molecule has 0 spiro atoms. The van der Waals surface area contributed by atoms with Crippen molar-refractivity contribution in [3.8, 4) is 0 Å². The maximum atomic E-state index is 12.5. The number of halogens is 1. The maximum Gasteiger partial charge on any atom is 0.251 e. The van der Waals surface area contributed by atoms with Crippen LogP contribution in [0.4, 0.5) is 0 Å². The van der Waals surface area contributed by atoms with Gasteiger partial charge < -0.3 is 15.3 Å². The number of rotatable bonds is 5. The van der Waals surface area contributed by atoms with E-state index in [0.717, 1.165) is 6.42 Å². The van der Waals surface area contributed by atoms with Crippen molar-refractivity contribution in [2.24, 2.45) is 5.92 Å². The number of aliphatic hydroxyl groups is 1. The van der Waals surface area contributed by atoms with Gasteiger partial charge in [-0.3, -0.25) is 9.59 Å². The average Bonchev–Trinajstić information content (AvgIpc) is 2.48. The fourth-order valence-electron chi connectivity index (χ4n) is 2.34. The fraction of sp³-hybridized carbons (Fsp3) is 0.500. The molecule has 1 aromatic rings. The molecule has 22 heavy (non-hydrogen) atoms. The quantitative estimate of drug-likeness (QED) is 0.866. The molecule has 0 bridgehead atoms. The molecule has 1 aliphatic rings. The molecule has 2 unspecified atom stereocenters. The summed E-state index contributed by atoms with van der Waals surface area (Å²) in [6.07, 6.45) is 0.321. The maximum absolute atomic E-state index is 12.5. The van der Waals surface area contributed by atoms with Gasteiger partial charge in [-0.25, -0.2) is 0 Å². The Morgan fingerprint density at radius 2 is 1.95 bits per heavy atom. The molecule has 120 valence electrons. The standard InChI is InChI=1S/C16H21ClN2O3/c1-3-10(2)14(16(22)19-8-13(20)9-19)18-15(21)11-4-6-12(17)7-5-11/h4-7,10,13-14,20H,3,8-9H2,1-2H3,(H,18,21). The minimum absolute atomic E-state index is 0.0153. The zero-order chi connectivity index (χ0) is 16.3. The van der Waals surface area contributed by atoms with Gasteiger partial charge in [-0.1, -0.05) is 31.9 Å². The molecule has 6 heteroatoms. The average molecular weight is 325 g/mol. The van der Waals surface area contributed by atoms with Crippen molar-refractivity contribution in [3.63, 3.8) is 0 Å². The molecule has 2 atom stereocenters. The van der Waals surface area contributed by atoms with Gasteiger partial charge in [0.1, 0.15) is 6.04 Å². The van der Waals surface area contributed by atoms with Crippen LogP contribution in [-0.4, -0.2) is 47.1 Å². The molecule has 2 N–H and O–H groups in total. The number of nitrogens with one attached hydrogen (secondary N) is 1. The van der Waals surface area contributed by atoms with Gasteiger partial charge in [0.05, 0.1) is 6.10 Å². The summed E-state index contributed by atoms with van der Waals surface area (Å²) in [6.45, 7) is 4.58. The highest BCUT2D eigenvalue weighted by Gasteiger charge is 2.36. The lowest BCUT2D eigenvalue weighted by molar-refractivity contribution is -0.144. The van der Waals surface area contributed by atoms with Crippen LogP contribution < -0.4 is 5.32 Å². The lowest BCUT2D eigenvalue weighted by Crippen LogP contribution is -2.60. The number of likely N-dealkylation sites (tertiary alicyclic amines) is 1. The van der Waals surface area contributed by atoms with Crippen molar-refractivity contribution in [3.05, 3.63) is 34.9 Å². The lowest BCUT2D eigenvalue weighted by atomic mass is 9.96. The molecule has 1 heterocycles. The molecule has 0 aromatic heterocycles. The highest BCUT2D eigenvalue weighted by atomic mass is 35.5. The Balaban J connectivity index is 2.07. The van der Waals surface area contributed by atoms with E-state index in [-0.39, 0.29) is 17.7 Å². The van der Waals surface area contributed by atoms with Crippen molar-refractivity contribution >= 4 is 23.4 Å². The first-order chi connectivity index (χ1) is 10.4. The van der Waals surface area contributed by atoms with E-state index in [9.17, 15) is 14.7 Å². The zero-order valence-corrected chi connectivity index (χ0v) is 13.5. The van der Waals surface area contributed by atoms with E-state index in [1.165, 1.54) is 0 Å². The minimum Gasteiger partial charge on any atom is -0.389 e. The van der Waals surface area contributed by atoms with E-state index in [0.29, 0.717) is 23.7 Å². The van der Waals surface area contributed by atoms with Crippen molar-refractivity contribution in [2.45, 2.75) is 32.4 Å². The van der Waals surface area contributed by atoms with Crippen LogP contribution in [0.2, 0.25) is 5.02 Å². The van der Waals surface area contributed by atoms with E-state index in [1.54, 1.807) is 29.2 Å². The number of aliphatic hydroxyl groups excluding tert-OH is 1. The van der Waals surface area contributed by atoms with Gasteiger partial charge in [0.2, 0.25) is 5.91 Å². The number of carbonyl (C=O) groups is 2. The smallest absolute Gasteiger partial charge is 0.251 e. The first-order valence-electron chi connectivity index (χ1n) is 7.45. The van der Waals surface area contributed by atoms with Crippen LogP contribution in [0.3, 0.4) is 0 Å². The largest absolute Gasteiger partial charge is 0.389 e. The van der Waals surface area contributed by atoms with E-state index in [1.807, 2.05) is 13.8 Å². The summed E-state index contributed by atoms with van der Waals surface area (Å²) in [5.41, 5.74) is 0.467. The Labute approximate surface area is 135 Å². The van der Waals surface area contributed by atoms with Gasteiger partial charge in [-0.15, -0.1) is 0 Å². The SMILES string of the molecule is CCC(C)C(NC(=O)c1ccc(Cl)cc1)C(=O)N1CC(O)C1. The highest BCUT2D eigenvalue weighted by Crippen LogP contribution is 2.17. The molecule has 5 nitrogen and oxygen atoms in total. The number of amides is 2. The van der Waals surface area contributed by atoms with Crippen LogP contribution in [0.15, 0.2) is 24.3 Å². The molecule has 1 aromatic carbocycles. The van der Waals surface area contributed by atoms with E-state index >= 15 is 0 Å². The minimum atomic E-state index is -0.583.